The maximum atomic E-state index is 11.1. The van der Waals surface area contributed by atoms with Gasteiger partial charge in [0.05, 0.1) is 12.6 Å². The Morgan fingerprint density at radius 2 is 2.38 bits per heavy atom. The van der Waals surface area contributed by atoms with E-state index in [2.05, 4.69) is 5.32 Å². The molecule has 1 rings (SSSR count). The third-order valence-electron chi connectivity index (χ3n) is 2.36. The smallest absolute Gasteiger partial charge is 0.407 e. The van der Waals surface area contributed by atoms with E-state index in [0.717, 1.165) is 25.7 Å². The van der Waals surface area contributed by atoms with Crippen LogP contribution in [0, 0.1) is 0 Å². The predicted octanol–water partition coefficient (Wildman–Crippen LogP) is 1.04. The van der Waals surface area contributed by atoms with Crippen molar-refractivity contribution in [1.29, 1.82) is 0 Å². The van der Waals surface area contributed by atoms with Crippen molar-refractivity contribution in [2.24, 2.45) is 0 Å². The number of hydrogen-bond acceptors (Lipinski definition) is 3. The summed E-state index contributed by atoms with van der Waals surface area (Å²) in [6, 6.07) is -0.174. The number of hydrogen-bond donors (Lipinski definition) is 2. The summed E-state index contributed by atoms with van der Waals surface area (Å²) < 4.78 is 5.06. The van der Waals surface area contributed by atoms with Crippen LogP contribution in [0.15, 0.2) is 0 Å². The van der Waals surface area contributed by atoms with Gasteiger partial charge in [-0.15, -0.1) is 0 Å². The van der Waals surface area contributed by atoms with Gasteiger partial charge >= 0.3 is 6.09 Å². The van der Waals surface area contributed by atoms with Crippen molar-refractivity contribution in [1.82, 2.24) is 5.32 Å². The van der Waals surface area contributed by atoms with E-state index in [1.54, 1.807) is 0 Å². The minimum atomic E-state index is -0.398. The van der Waals surface area contributed by atoms with Crippen molar-refractivity contribution in [2.45, 2.75) is 44.8 Å². The number of carbonyl (C=O) groups is 1. The molecule has 0 radical (unpaired) electrons. The number of alkyl carbamates (subject to hydrolysis) is 1. The van der Waals surface area contributed by atoms with E-state index >= 15 is 0 Å². The van der Waals surface area contributed by atoms with Gasteiger partial charge < -0.3 is 15.2 Å². The first-order valence-corrected chi connectivity index (χ1v) is 4.84. The molecule has 4 heteroatoms. The minimum Gasteiger partial charge on any atom is -0.446 e. The Bertz CT molecular complexity index is 164. The summed E-state index contributed by atoms with van der Waals surface area (Å²) in [4.78, 5) is 11.1. The van der Waals surface area contributed by atoms with Crippen molar-refractivity contribution in [2.75, 3.05) is 6.61 Å². The molecule has 1 atom stereocenters. The van der Waals surface area contributed by atoms with Crippen molar-refractivity contribution in [3.05, 3.63) is 0 Å². The van der Waals surface area contributed by atoms with Crippen LogP contribution in [-0.4, -0.2) is 30.0 Å². The van der Waals surface area contributed by atoms with Crippen molar-refractivity contribution < 1.29 is 14.6 Å². The highest BCUT2D eigenvalue weighted by molar-refractivity contribution is 5.67. The second-order valence-corrected chi connectivity index (χ2v) is 3.39. The van der Waals surface area contributed by atoms with E-state index in [1.165, 1.54) is 0 Å². The van der Waals surface area contributed by atoms with Gasteiger partial charge in [0.1, 0.15) is 6.10 Å². The molecule has 1 aliphatic carbocycles. The van der Waals surface area contributed by atoms with Crippen LogP contribution >= 0.6 is 0 Å². The molecule has 0 aromatic heterocycles. The van der Waals surface area contributed by atoms with Crippen molar-refractivity contribution in [3.63, 3.8) is 0 Å². The maximum absolute atomic E-state index is 11.1. The van der Waals surface area contributed by atoms with Gasteiger partial charge in [0.15, 0.2) is 0 Å². The lowest BCUT2D eigenvalue weighted by atomic mass is 9.96. The molecule has 0 aromatic carbocycles. The number of nitrogens with one attached hydrogen (secondary N) is 1. The fourth-order valence-corrected chi connectivity index (χ4v) is 1.12. The summed E-state index contributed by atoms with van der Waals surface area (Å²) in [7, 11) is 0. The van der Waals surface area contributed by atoms with Gasteiger partial charge in [-0.25, -0.2) is 4.79 Å². The molecule has 1 saturated carbocycles. The monoisotopic (exact) mass is 187 g/mol. The summed E-state index contributed by atoms with van der Waals surface area (Å²) in [5.74, 6) is 0. The maximum Gasteiger partial charge on any atom is 0.407 e. The van der Waals surface area contributed by atoms with Crippen molar-refractivity contribution >= 4 is 6.09 Å². The van der Waals surface area contributed by atoms with Gasteiger partial charge in [0.2, 0.25) is 0 Å². The Labute approximate surface area is 78.3 Å². The lowest BCUT2D eigenvalue weighted by Gasteiger charge is -2.26. The third kappa shape index (κ3) is 3.22. The molecule has 4 nitrogen and oxygen atoms in total. The molecule has 0 saturated heterocycles. The fourth-order valence-electron chi connectivity index (χ4n) is 1.12. The van der Waals surface area contributed by atoms with Crippen LogP contribution in [0.1, 0.15) is 32.6 Å². The molecule has 13 heavy (non-hydrogen) atoms. The average Bonchev–Trinajstić information content (AvgIpc) is 2.07. The SMILES string of the molecule is CCC(CO)NC(=O)OC1CCC1. The van der Waals surface area contributed by atoms with E-state index in [9.17, 15) is 4.79 Å². The highest BCUT2D eigenvalue weighted by Crippen LogP contribution is 2.21. The minimum absolute atomic E-state index is 0.0315. The summed E-state index contributed by atoms with van der Waals surface area (Å²) in [6.07, 6.45) is 3.53. The fraction of sp³-hybridized carbons (Fsp3) is 0.889. The largest absolute Gasteiger partial charge is 0.446 e. The van der Waals surface area contributed by atoms with Gasteiger partial charge in [0.25, 0.3) is 0 Å². The standard InChI is InChI=1S/C9H17NO3/c1-2-7(6-11)10-9(12)13-8-4-3-5-8/h7-8,11H,2-6H2,1H3,(H,10,12). The van der Waals surface area contributed by atoms with E-state index < -0.39 is 6.09 Å². The zero-order valence-corrected chi connectivity index (χ0v) is 7.95. The Morgan fingerprint density at radius 1 is 1.69 bits per heavy atom. The topological polar surface area (TPSA) is 58.6 Å². The second-order valence-electron chi connectivity index (χ2n) is 3.39. The number of carbonyl (C=O) groups excluding carboxylic acids is 1. The van der Waals surface area contributed by atoms with Gasteiger partial charge in [-0.3, -0.25) is 0 Å². The third-order valence-corrected chi connectivity index (χ3v) is 2.36. The number of aliphatic hydroxyl groups excluding tert-OH is 1. The first-order chi connectivity index (χ1) is 6.26. The van der Waals surface area contributed by atoms with Crippen LogP contribution in [-0.2, 0) is 4.74 Å². The van der Waals surface area contributed by atoms with Gasteiger partial charge in [0, 0.05) is 0 Å². The number of ether oxygens (including phenoxy) is 1. The highest BCUT2D eigenvalue weighted by atomic mass is 16.6. The van der Waals surface area contributed by atoms with Gasteiger partial charge in [-0.05, 0) is 25.7 Å². The van der Waals surface area contributed by atoms with Gasteiger partial charge in [-0.2, -0.15) is 0 Å². The number of rotatable bonds is 4. The molecule has 1 amide bonds. The molecule has 0 bridgehead atoms. The van der Waals surface area contributed by atoms with Gasteiger partial charge in [-0.1, -0.05) is 6.92 Å². The highest BCUT2D eigenvalue weighted by Gasteiger charge is 2.22. The summed E-state index contributed by atoms with van der Waals surface area (Å²) in [6.45, 7) is 1.88. The van der Waals surface area contributed by atoms with Crippen LogP contribution in [0.4, 0.5) is 4.79 Å². The first-order valence-electron chi connectivity index (χ1n) is 4.84. The molecule has 1 unspecified atom stereocenters. The molecule has 2 N–H and O–H groups in total. The van der Waals surface area contributed by atoms with E-state index in [4.69, 9.17) is 9.84 Å². The molecular formula is C9H17NO3. The molecule has 1 aliphatic rings. The van der Waals surface area contributed by atoms with E-state index in [0.29, 0.717) is 0 Å². The Hall–Kier alpha value is -0.770. The van der Waals surface area contributed by atoms with Crippen LogP contribution < -0.4 is 5.32 Å². The average molecular weight is 187 g/mol. The molecule has 0 aromatic rings. The lowest BCUT2D eigenvalue weighted by Crippen LogP contribution is -2.40. The quantitative estimate of drug-likeness (QED) is 0.691. The molecule has 0 spiro atoms. The molecular weight excluding hydrogens is 170 g/mol. The van der Waals surface area contributed by atoms with E-state index in [1.807, 2.05) is 6.92 Å². The predicted molar refractivity (Wildman–Crippen MR) is 48.4 cm³/mol. The van der Waals surface area contributed by atoms with E-state index in [-0.39, 0.29) is 18.8 Å². The number of amides is 1. The summed E-state index contributed by atoms with van der Waals surface area (Å²) >= 11 is 0. The molecule has 0 aliphatic heterocycles. The lowest BCUT2D eigenvalue weighted by molar-refractivity contribution is 0.0483. The zero-order chi connectivity index (χ0) is 9.68. The normalized spacial score (nSPS) is 18.9. The zero-order valence-electron chi connectivity index (χ0n) is 7.95. The Kier molecular flexibility index (Phi) is 4.02. The van der Waals surface area contributed by atoms with Crippen LogP contribution in [0.5, 0.6) is 0 Å². The second kappa shape index (κ2) is 5.07. The number of aliphatic hydroxyl groups is 1. The first kappa shape index (κ1) is 10.3. The van der Waals surface area contributed by atoms with Crippen molar-refractivity contribution in [3.8, 4) is 0 Å². The Balaban J connectivity index is 2.14. The summed E-state index contributed by atoms with van der Waals surface area (Å²) in [5.41, 5.74) is 0. The molecule has 0 heterocycles. The van der Waals surface area contributed by atoms with Crippen LogP contribution in [0.2, 0.25) is 0 Å². The summed E-state index contributed by atoms with van der Waals surface area (Å²) in [5, 5.41) is 11.4. The van der Waals surface area contributed by atoms with Crippen LogP contribution in [0.3, 0.4) is 0 Å². The molecule has 76 valence electrons. The molecule has 1 fully saturated rings. The van der Waals surface area contributed by atoms with Crippen LogP contribution in [0.25, 0.3) is 0 Å². The Morgan fingerprint density at radius 3 is 2.77 bits per heavy atom.